The molecule has 0 aromatic heterocycles. The summed E-state index contributed by atoms with van der Waals surface area (Å²) in [5, 5.41) is 3.74. The molecule has 0 saturated heterocycles. The van der Waals surface area contributed by atoms with Crippen molar-refractivity contribution in [1.82, 2.24) is 10.2 Å². The van der Waals surface area contributed by atoms with Gasteiger partial charge in [0.1, 0.15) is 18.4 Å². The van der Waals surface area contributed by atoms with E-state index in [2.05, 4.69) is 5.32 Å². The first-order valence-corrected chi connectivity index (χ1v) is 17.2. The van der Waals surface area contributed by atoms with Crippen molar-refractivity contribution in [2.45, 2.75) is 55.6 Å². The molecule has 240 valence electrons. The summed E-state index contributed by atoms with van der Waals surface area (Å²) < 4.78 is 42.7. The van der Waals surface area contributed by atoms with Crippen molar-refractivity contribution in [3.63, 3.8) is 0 Å². The molecule has 0 radical (unpaired) electrons. The number of nitrogens with zero attached hydrogens (tertiary/aromatic N) is 2. The minimum atomic E-state index is -4.35. The minimum absolute atomic E-state index is 0.0219. The molecule has 0 heterocycles. The van der Waals surface area contributed by atoms with E-state index in [1.807, 2.05) is 30.3 Å². The van der Waals surface area contributed by atoms with Gasteiger partial charge in [-0.1, -0.05) is 90.6 Å². The van der Waals surface area contributed by atoms with Gasteiger partial charge in [0.15, 0.2) is 0 Å². The molecule has 11 heteroatoms. The van der Waals surface area contributed by atoms with Gasteiger partial charge in [-0.25, -0.2) is 12.8 Å². The van der Waals surface area contributed by atoms with Crippen LogP contribution in [0.25, 0.3) is 0 Å². The minimum Gasteiger partial charge on any atom is -0.352 e. The summed E-state index contributed by atoms with van der Waals surface area (Å²) in [7, 11) is -4.35. The largest absolute Gasteiger partial charge is 0.352 e. The number of rotatable bonds is 12. The van der Waals surface area contributed by atoms with Gasteiger partial charge in [-0.15, -0.1) is 0 Å². The van der Waals surface area contributed by atoms with Crippen molar-refractivity contribution in [1.29, 1.82) is 0 Å². The van der Waals surface area contributed by atoms with Crippen molar-refractivity contribution in [3.05, 3.63) is 130 Å². The fraction of sp³-hybridized carbons (Fsp3) is 0.257. The average molecular weight is 683 g/mol. The van der Waals surface area contributed by atoms with Gasteiger partial charge < -0.3 is 10.2 Å². The highest BCUT2D eigenvalue weighted by molar-refractivity contribution is 7.92. The van der Waals surface area contributed by atoms with Gasteiger partial charge in [-0.05, 0) is 66.9 Å². The third kappa shape index (κ3) is 8.07. The normalized spacial score (nSPS) is 14.1. The van der Waals surface area contributed by atoms with Gasteiger partial charge >= 0.3 is 0 Å². The number of nitrogens with one attached hydrogen (secondary N) is 1. The number of sulfonamides is 1. The van der Waals surface area contributed by atoms with Crippen LogP contribution < -0.4 is 9.62 Å². The molecule has 1 aliphatic carbocycles. The van der Waals surface area contributed by atoms with E-state index < -0.39 is 34.3 Å². The molecule has 1 saturated carbocycles. The fourth-order valence-electron chi connectivity index (χ4n) is 5.63. The second kappa shape index (κ2) is 15.1. The molecule has 4 aromatic carbocycles. The van der Waals surface area contributed by atoms with E-state index in [0.717, 1.165) is 59.8 Å². The Morgan fingerprint density at radius 3 is 2.02 bits per heavy atom. The van der Waals surface area contributed by atoms with E-state index in [0.29, 0.717) is 15.6 Å². The number of carbonyl (C=O) groups is 2. The van der Waals surface area contributed by atoms with E-state index in [1.54, 1.807) is 48.5 Å². The quantitative estimate of drug-likeness (QED) is 0.174. The van der Waals surface area contributed by atoms with Crippen molar-refractivity contribution in [3.8, 4) is 0 Å². The van der Waals surface area contributed by atoms with Crippen molar-refractivity contribution in [2.24, 2.45) is 0 Å². The first kappa shape index (κ1) is 33.4. The molecule has 0 spiro atoms. The summed E-state index contributed by atoms with van der Waals surface area (Å²) >= 11 is 13.1. The van der Waals surface area contributed by atoms with Crippen LogP contribution in [0, 0.1) is 5.82 Å². The Hall–Kier alpha value is -3.92. The van der Waals surface area contributed by atoms with Gasteiger partial charge in [0, 0.05) is 34.6 Å². The monoisotopic (exact) mass is 681 g/mol. The number of carbonyl (C=O) groups excluding carboxylic acids is 2. The smallest absolute Gasteiger partial charge is 0.264 e. The number of para-hydroxylation sites is 1. The van der Waals surface area contributed by atoms with Crippen LogP contribution in [0.15, 0.2) is 108 Å². The first-order valence-electron chi connectivity index (χ1n) is 15.0. The van der Waals surface area contributed by atoms with E-state index >= 15 is 0 Å². The lowest BCUT2D eigenvalue weighted by molar-refractivity contribution is -0.140. The standard InChI is InChI=1S/C35H34Cl2FN3O4S/c36-31-16-9-17-32(37)30(31)23-40(33(22-25-10-3-1-4-11-25)35(43)39-27-12-7-8-13-27)34(42)24-41(28-14-5-2-6-15-28)46(44,45)29-20-18-26(38)19-21-29/h1-6,9-11,14-21,27,33H,7-8,12-13,22-24H2,(H,39,43). The van der Waals surface area contributed by atoms with Gasteiger partial charge in [0.2, 0.25) is 11.8 Å². The molecule has 1 aliphatic rings. The van der Waals surface area contributed by atoms with Gasteiger partial charge in [-0.3, -0.25) is 13.9 Å². The van der Waals surface area contributed by atoms with Crippen molar-refractivity contribution in [2.75, 3.05) is 10.8 Å². The maximum atomic E-state index is 14.6. The lowest BCUT2D eigenvalue weighted by atomic mass is 10.0. The topological polar surface area (TPSA) is 86.8 Å². The molecular weight excluding hydrogens is 648 g/mol. The van der Waals surface area contributed by atoms with Crippen molar-refractivity contribution < 1.29 is 22.4 Å². The number of hydrogen-bond donors (Lipinski definition) is 1. The SMILES string of the molecule is O=C(NC1CCCC1)C(Cc1ccccc1)N(Cc1c(Cl)cccc1Cl)C(=O)CN(c1ccccc1)S(=O)(=O)c1ccc(F)cc1. The lowest BCUT2D eigenvalue weighted by Gasteiger charge is -2.34. The van der Waals surface area contributed by atoms with Crippen LogP contribution >= 0.6 is 23.2 Å². The Balaban J connectivity index is 1.58. The van der Waals surface area contributed by atoms with Crippen LogP contribution in [0.4, 0.5) is 10.1 Å². The molecule has 1 atom stereocenters. The van der Waals surface area contributed by atoms with Crippen LogP contribution in [0.3, 0.4) is 0 Å². The predicted octanol–water partition coefficient (Wildman–Crippen LogP) is 7.03. The van der Waals surface area contributed by atoms with Crippen LogP contribution in [0.5, 0.6) is 0 Å². The Labute approximate surface area is 279 Å². The van der Waals surface area contributed by atoms with Crippen LogP contribution in [0.1, 0.15) is 36.8 Å². The second-order valence-corrected chi connectivity index (χ2v) is 13.9. The average Bonchev–Trinajstić information content (AvgIpc) is 3.56. The van der Waals surface area contributed by atoms with E-state index in [4.69, 9.17) is 23.2 Å². The summed E-state index contributed by atoms with van der Waals surface area (Å²) in [5.41, 5.74) is 1.47. The van der Waals surface area contributed by atoms with Crippen LogP contribution in [-0.4, -0.2) is 43.8 Å². The Bertz CT molecular complexity index is 1730. The van der Waals surface area contributed by atoms with E-state index in [-0.39, 0.29) is 35.5 Å². The summed E-state index contributed by atoms with van der Waals surface area (Å²) in [5.74, 6) is -1.59. The molecule has 1 unspecified atom stereocenters. The molecule has 2 amide bonds. The molecule has 1 fully saturated rings. The fourth-order valence-corrected chi connectivity index (χ4v) is 7.56. The summed E-state index contributed by atoms with van der Waals surface area (Å²) in [4.78, 5) is 29.8. The first-order chi connectivity index (χ1) is 22.1. The molecule has 4 aromatic rings. The maximum Gasteiger partial charge on any atom is 0.264 e. The zero-order valence-electron chi connectivity index (χ0n) is 25.0. The van der Waals surface area contributed by atoms with Gasteiger partial charge in [0.05, 0.1) is 10.6 Å². The number of benzene rings is 4. The highest BCUT2D eigenvalue weighted by atomic mass is 35.5. The zero-order chi connectivity index (χ0) is 32.7. The molecule has 5 rings (SSSR count). The summed E-state index contributed by atoms with van der Waals surface area (Å²) in [6.45, 7) is -0.792. The van der Waals surface area contributed by atoms with Crippen LogP contribution in [-0.2, 0) is 32.6 Å². The molecule has 46 heavy (non-hydrogen) atoms. The zero-order valence-corrected chi connectivity index (χ0v) is 27.3. The molecule has 0 bridgehead atoms. The Morgan fingerprint density at radius 2 is 1.41 bits per heavy atom. The highest BCUT2D eigenvalue weighted by Crippen LogP contribution is 2.29. The van der Waals surface area contributed by atoms with Crippen LogP contribution in [0.2, 0.25) is 10.0 Å². The third-order valence-corrected chi connectivity index (χ3v) is 10.6. The maximum absolute atomic E-state index is 14.6. The Kier molecular flexibility index (Phi) is 11.0. The number of amides is 2. The van der Waals surface area contributed by atoms with Gasteiger partial charge in [-0.2, -0.15) is 0 Å². The van der Waals surface area contributed by atoms with Crippen molar-refractivity contribution >= 4 is 50.7 Å². The van der Waals surface area contributed by atoms with Gasteiger partial charge in [0.25, 0.3) is 10.0 Å². The number of anilines is 1. The Morgan fingerprint density at radius 1 is 0.826 bits per heavy atom. The number of hydrogen-bond acceptors (Lipinski definition) is 4. The van der Waals surface area contributed by atoms with E-state index in [9.17, 15) is 22.4 Å². The number of halogens is 3. The predicted molar refractivity (Wildman–Crippen MR) is 179 cm³/mol. The molecular formula is C35H34Cl2FN3O4S. The molecule has 0 aliphatic heterocycles. The summed E-state index contributed by atoms with van der Waals surface area (Å²) in [6, 6.07) is 25.8. The summed E-state index contributed by atoms with van der Waals surface area (Å²) in [6.07, 6.45) is 3.85. The molecule has 7 nitrogen and oxygen atoms in total. The third-order valence-electron chi connectivity index (χ3n) is 8.09. The second-order valence-electron chi connectivity index (χ2n) is 11.2. The molecule has 1 N–H and O–H groups in total. The highest BCUT2D eigenvalue weighted by Gasteiger charge is 2.36. The lowest BCUT2D eigenvalue weighted by Crippen LogP contribution is -2.54. The van der Waals surface area contributed by atoms with E-state index in [1.165, 1.54) is 4.90 Å².